The van der Waals surface area contributed by atoms with E-state index >= 15 is 0 Å². The molecule has 0 aromatic carbocycles. The molecular weight excluding hydrogens is 154 g/mol. The smallest absolute Gasteiger partial charge is 1.00 e. The summed E-state index contributed by atoms with van der Waals surface area (Å²) in [6.07, 6.45) is 0.925. The molecule has 0 heterocycles. The first-order valence-electron chi connectivity index (χ1n) is 0.896. The molecule has 2 nitrogen and oxygen atoms in total. The summed E-state index contributed by atoms with van der Waals surface area (Å²) in [6, 6.07) is 0. The fourth-order valence-electron chi connectivity index (χ4n) is 0. The van der Waals surface area contributed by atoms with Crippen molar-refractivity contribution in [1.82, 2.24) is 0 Å². The Balaban J connectivity index is -0.0000000800. The first-order chi connectivity index (χ1) is 2.00. The van der Waals surface area contributed by atoms with E-state index < -0.39 is 9.05 Å². The van der Waals surface area contributed by atoms with Gasteiger partial charge < -0.3 is 4.70 Å². The number of hydrogen-bond donors (Lipinski definition) is 0. The van der Waals surface area contributed by atoms with Gasteiger partial charge in [0.25, 0.3) is 0 Å². The Bertz CT molecular complexity index is 101. The Hall–Kier alpha value is 1.17. The van der Waals surface area contributed by atoms with E-state index in [0.717, 1.165) is 6.26 Å². The molecule has 0 aliphatic heterocycles. The monoisotopic (exact) mass is 156 g/mol. The van der Waals surface area contributed by atoms with Crippen molar-refractivity contribution in [2.45, 2.75) is 0 Å². The zero-order valence-corrected chi connectivity index (χ0v) is 7.55. The number of halogens is 2. The molecule has 40 valence electrons. The maximum atomic E-state index is 9.40. The molecule has 0 rings (SSSR count). The summed E-state index contributed by atoms with van der Waals surface area (Å²) < 4.78 is 18.8. The van der Waals surface area contributed by atoms with Crippen molar-refractivity contribution >= 4 is 19.7 Å². The second-order valence-corrected chi connectivity index (χ2v) is 3.73. The van der Waals surface area contributed by atoms with E-state index in [1.807, 2.05) is 0 Å². The molecule has 0 amide bonds. The van der Waals surface area contributed by atoms with Crippen LogP contribution in [0.4, 0.5) is 0 Å². The van der Waals surface area contributed by atoms with Gasteiger partial charge in [0.2, 0.25) is 9.05 Å². The van der Waals surface area contributed by atoms with Crippen LogP contribution < -0.4 is 34.3 Å². The van der Waals surface area contributed by atoms with Gasteiger partial charge in [-0.2, -0.15) is 0 Å². The van der Waals surface area contributed by atoms with E-state index in [4.69, 9.17) is 0 Å². The summed E-state index contributed by atoms with van der Waals surface area (Å²) in [5.41, 5.74) is 0. The second kappa shape index (κ2) is 5.31. The molecule has 0 fully saturated rings. The van der Waals surface area contributed by atoms with Gasteiger partial charge >= 0.3 is 29.6 Å². The predicted molar refractivity (Wildman–Crippen MR) is 20.7 cm³/mol. The van der Waals surface area contributed by atoms with Crippen LogP contribution in [0.5, 0.6) is 0 Å². The normalized spacial score (nSPS) is 8.29. The van der Waals surface area contributed by atoms with Gasteiger partial charge in [-0.25, -0.2) is 8.42 Å². The number of rotatable bonds is 0. The standard InChI is InChI=1S/CH3ClO2S.FH.Na/c1-5(2,3)4;;/h1H3;1H;/q;;+1/p-1. The van der Waals surface area contributed by atoms with Crippen LogP contribution in [-0.2, 0) is 9.05 Å². The summed E-state index contributed by atoms with van der Waals surface area (Å²) in [5, 5.41) is 0. The topological polar surface area (TPSA) is 34.1 Å². The molecule has 6 heteroatoms. The van der Waals surface area contributed by atoms with Crippen molar-refractivity contribution in [2.75, 3.05) is 6.26 Å². The van der Waals surface area contributed by atoms with E-state index in [1.54, 1.807) is 0 Å². The van der Waals surface area contributed by atoms with Gasteiger partial charge in [-0.3, -0.25) is 0 Å². The summed E-state index contributed by atoms with van der Waals surface area (Å²) >= 11 is 0. The molecule has 0 saturated heterocycles. The quantitative estimate of drug-likeness (QED) is 0.259. The zero-order chi connectivity index (χ0) is 4.50. The molecule has 7 heavy (non-hydrogen) atoms. The average Bonchev–Trinajstić information content (AvgIpc) is 0.722. The van der Waals surface area contributed by atoms with Crippen LogP contribution in [0.15, 0.2) is 0 Å². The van der Waals surface area contributed by atoms with Gasteiger partial charge in [0.05, 0.1) is 6.26 Å². The molecule has 0 saturated carbocycles. The Kier molecular flexibility index (Phi) is 11.9. The van der Waals surface area contributed by atoms with Crippen LogP contribution in [0.2, 0.25) is 0 Å². The van der Waals surface area contributed by atoms with Crippen molar-refractivity contribution in [3.05, 3.63) is 0 Å². The van der Waals surface area contributed by atoms with Crippen molar-refractivity contribution in [3.8, 4) is 0 Å². The minimum Gasteiger partial charge on any atom is -1.00 e. The molecule has 0 N–H and O–H groups in total. The first kappa shape index (κ1) is 15.7. The third-order valence-electron chi connectivity index (χ3n) is 0. The van der Waals surface area contributed by atoms with E-state index in [2.05, 4.69) is 10.7 Å². The Morgan fingerprint density at radius 2 is 1.43 bits per heavy atom. The van der Waals surface area contributed by atoms with E-state index in [1.165, 1.54) is 0 Å². The Morgan fingerprint density at radius 1 is 1.43 bits per heavy atom. The van der Waals surface area contributed by atoms with Crippen LogP contribution in [0, 0.1) is 0 Å². The predicted octanol–water partition coefficient (Wildman–Crippen LogP) is -5.81. The molecule has 0 unspecified atom stereocenters. The summed E-state index contributed by atoms with van der Waals surface area (Å²) in [7, 11) is 1.31. The van der Waals surface area contributed by atoms with Gasteiger partial charge in [0.15, 0.2) is 0 Å². The molecule has 0 aliphatic rings. The summed E-state index contributed by atoms with van der Waals surface area (Å²) in [6.45, 7) is 0. The van der Waals surface area contributed by atoms with Gasteiger partial charge in [-0.05, 0) is 0 Å². The Labute approximate surface area is 68.3 Å². The zero-order valence-electron chi connectivity index (χ0n) is 3.98. The molecule has 0 spiro atoms. The number of hydrogen-bond acceptors (Lipinski definition) is 2. The fraction of sp³-hybridized carbons (Fsp3) is 1.00. The van der Waals surface area contributed by atoms with Crippen LogP contribution in [0.25, 0.3) is 0 Å². The third kappa shape index (κ3) is 140. The van der Waals surface area contributed by atoms with Crippen LogP contribution in [-0.4, -0.2) is 14.7 Å². The van der Waals surface area contributed by atoms with Crippen LogP contribution >= 0.6 is 10.7 Å². The SMILES string of the molecule is CS(=O)(=O)Cl.[F-].[Na+]. The molecular formula is CH3ClFNaO2S. The van der Waals surface area contributed by atoms with Gasteiger partial charge in [-0.1, -0.05) is 0 Å². The van der Waals surface area contributed by atoms with Gasteiger partial charge in [0.1, 0.15) is 0 Å². The van der Waals surface area contributed by atoms with E-state index in [0.29, 0.717) is 0 Å². The van der Waals surface area contributed by atoms with Crippen molar-refractivity contribution in [2.24, 2.45) is 0 Å². The van der Waals surface area contributed by atoms with Crippen molar-refractivity contribution < 1.29 is 42.7 Å². The molecule has 0 aromatic rings. The van der Waals surface area contributed by atoms with Gasteiger partial charge in [0, 0.05) is 10.7 Å². The van der Waals surface area contributed by atoms with Crippen molar-refractivity contribution in [1.29, 1.82) is 0 Å². The average molecular weight is 157 g/mol. The first-order valence-corrected chi connectivity index (χ1v) is 3.61. The molecule has 0 aliphatic carbocycles. The molecule has 0 atom stereocenters. The van der Waals surface area contributed by atoms with Crippen LogP contribution in [0.3, 0.4) is 0 Å². The molecule has 0 radical (unpaired) electrons. The summed E-state index contributed by atoms with van der Waals surface area (Å²) in [4.78, 5) is 0. The maximum absolute atomic E-state index is 9.40. The van der Waals surface area contributed by atoms with E-state index in [-0.39, 0.29) is 34.3 Å². The fourth-order valence-corrected chi connectivity index (χ4v) is 0. The minimum absolute atomic E-state index is 0. The third-order valence-corrected chi connectivity index (χ3v) is 0. The largest absolute Gasteiger partial charge is 1.00 e. The molecule has 0 bridgehead atoms. The maximum Gasteiger partial charge on any atom is 1.00 e. The van der Waals surface area contributed by atoms with Crippen LogP contribution in [0.1, 0.15) is 0 Å². The molecule has 0 aromatic heterocycles. The minimum atomic E-state index is -3.19. The Morgan fingerprint density at radius 3 is 1.43 bits per heavy atom. The summed E-state index contributed by atoms with van der Waals surface area (Å²) in [5.74, 6) is 0. The van der Waals surface area contributed by atoms with Gasteiger partial charge in [-0.15, -0.1) is 0 Å². The van der Waals surface area contributed by atoms with Crippen molar-refractivity contribution in [3.63, 3.8) is 0 Å². The van der Waals surface area contributed by atoms with E-state index in [9.17, 15) is 8.42 Å². The second-order valence-electron chi connectivity index (χ2n) is 0.682.